The highest BCUT2D eigenvalue weighted by Crippen LogP contribution is 2.30. The Morgan fingerprint density at radius 2 is 1.86 bits per heavy atom. The molecule has 0 atom stereocenters. The summed E-state index contributed by atoms with van der Waals surface area (Å²) in [6.45, 7) is 3.62. The number of thioether (sulfide) groups is 1. The Labute approximate surface area is 187 Å². The van der Waals surface area contributed by atoms with E-state index in [4.69, 9.17) is 4.98 Å². The van der Waals surface area contributed by atoms with Gasteiger partial charge in [0.05, 0.1) is 10.2 Å². The lowest BCUT2D eigenvalue weighted by molar-refractivity contribution is -0.118. The molecule has 0 fully saturated rings. The number of aromatic nitrogens is 1. The number of nitrogens with zero attached hydrogens (tertiary/aromatic N) is 3. The maximum atomic E-state index is 13.0. The fraction of sp³-hybridized carbons (Fsp3) is 0.364. The molecule has 0 unspecified atom stereocenters. The molecular weight excluding hydrogens is 422 g/mol. The van der Waals surface area contributed by atoms with Crippen LogP contribution in [0.1, 0.15) is 18.9 Å². The molecule has 3 aromatic rings. The molecule has 0 radical (unpaired) electrons. The van der Waals surface area contributed by atoms with Crippen molar-refractivity contribution in [1.82, 2.24) is 9.88 Å². The van der Waals surface area contributed by atoms with Crippen LogP contribution < -0.4 is 4.90 Å². The first-order chi connectivity index (χ1) is 13.6. The van der Waals surface area contributed by atoms with E-state index in [-0.39, 0.29) is 18.3 Å². The summed E-state index contributed by atoms with van der Waals surface area (Å²) < 4.78 is 1.15. The Morgan fingerprint density at radius 3 is 2.55 bits per heavy atom. The van der Waals surface area contributed by atoms with Gasteiger partial charge in [0.1, 0.15) is 0 Å². The van der Waals surface area contributed by atoms with Crippen molar-refractivity contribution < 1.29 is 4.79 Å². The number of hydrogen-bond donors (Lipinski definition) is 0. The minimum atomic E-state index is 0. The summed E-state index contributed by atoms with van der Waals surface area (Å²) >= 11 is 3.33. The highest BCUT2D eigenvalue weighted by molar-refractivity contribution is 7.99. The fourth-order valence-electron chi connectivity index (χ4n) is 2.83. The number of aryl methyl sites for hydroxylation is 1. The molecule has 0 aliphatic rings. The van der Waals surface area contributed by atoms with E-state index < -0.39 is 0 Å². The van der Waals surface area contributed by atoms with E-state index in [1.54, 1.807) is 23.1 Å². The topological polar surface area (TPSA) is 36.4 Å². The number of fused-ring (bicyclic) bond motifs is 1. The number of rotatable bonds is 9. The van der Waals surface area contributed by atoms with E-state index in [0.29, 0.717) is 13.0 Å². The molecule has 156 valence electrons. The summed E-state index contributed by atoms with van der Waals surface area (Å²) in [5.74, 6) is 0.909. The first-order valence-corrected chi connectivity index (χ1v) is 11.4. The second kappa shape index (κ2) is 11.6. The van der Waals surface area contributed by atoms with Gasteiger partial charge in [-0.1, -0.05) is 42.5 Å². The van der Waals surface area contributed by atoms with Crippen LogP contribution in [0.25, 0.3) is 10.2 Å². The minimum absolute atomic E-state index is 0. The maximum absolute atomic E-state index is 13.0. The Balaban J connectivity index is 0.00000300. The number of carbonyl (C=O) groups is 1. The van der Waals surface area contributed by atoms with Gasteiger partial charge in [-0.15, -0.1) is 24.2 Å². The highest BCUT2D eigenvalue weighted by atomic mass is 35.5. The first kappa shape index (κ1) is 23.7. The monoisotopic (exact) mass is 449 g/mol. The minimum Gasteiger partial charge on any atom is -0.308 e. The third kappa shape index (κ3) is 6.71. The van der Waals surface area contributed by atoms with Crippen molar-refractivity contribution in [3.8, 4) is 0 Å². The Bertz CT molecular complexity index is 915. The third-order valence-electron chi connectivity index (χ3n) is 4.48. The van der Waals surface area contributed by atoms with Crippen LogP contribution in [0, 0.1) is 0 Å². The lowest BCUT2D eigenvalue weighted by Crippen LogP contribution is -2.36. The number of likely N-dealkylation sites (N-methyl/N-ethyl adjacent to an activating group) is 1. The molecule has 29 heavy (non-hydrogen) atoms. The summed E-state index contributed by atoms with van der Waals surface area (Å²) in [7, 11) is 4.06. The third-order valence-corrected chi connectivity index (χ3v) is 6.54. The van der Waals surface area contributed by atoms with E-state index in [9.17, 15) is 4.79 Å². The normalized spacial score (nSPS) is 10.9. The van der Waals surface area contributed by atoms with Gasteiger partial charge in [-0.3, -0.25) is 9.69 Å². The van der Waals surface area contributed by atoms with E-state index in [2.05, 4.69) is 42.2 Å². The van der Waals surface area contributed by atoms with Gasteiger partial charge in [-0.05, 0) is 50.3 Å². The van der Waals surface area contributed by atoms with Gasteiger partial charge in [0, 0.05) is 30.2 Å². The number of hydrogen-bond acceptors (Lipinski definition) is 5. The number of amides is 1. The lowest BCUT2D eigenvalue weighted by Gasteiger charge is -2.22. The Hall–Kier alpha value is -1.60. The molecule has 0 saturated carbocycles. The van der Waals surface area contributed by atoms with Gasteiger partial charge in [0.15, 0.2) is 5.13 Å². The van der Waals surface area contributed by atoms with Crippen molar-refractivity contribution in [3.63, 3.8) is 0 Å². The van der Waals surface area contributed by atoms with Gasteiger partial charge < -0.3 is 4.90 Å². The van der Waals surface area contributed by atoms with Crippen molar-refractivity contribution in [1.29, 1.82) is 0 Å². The summed E-state index contributed by atoms with van der Waals surface area (Å²) in [4.78, 5) is 22.9. The molecule has 3 rings (SSSR count). The second-order valence-electron chi connectivity index (χ2n) is 6.91. The van der Waals surface area contributed by atoms with Crippen molar-refractivity contribution in [2.24, 2.45) is 0 Å². The molecule has 1 aromatic heterocycles. The number of thiazole rings is 1. The molecule has 7 heteroatoms. The molecule has 2 aromatic carbocycles. The molecule has 1 heterocycles. The Morgan fingerprint density at radius 1 is 1.10 bits per heavy atom. The lowest BCUT2D eigenvalue weighted by atomic mass is 10.2. The van der Waals surface area contributed by atoms with Crippen LogP contribution in [0.15, 0.2) is 53.4 Å². The maximum Gasteiger partial charge on any atom is 0.229 e. The Kier molecular flexibility index (Phi) is 9.43. The number of benzene rings is 2. The average Bonchev–Trinajstić information content (AvgIpc) is 3.11. The zero-order chi connectivity index (χ0) is 19.9. The van der Waals surface area contributed by atoms with Gasteiger partial charge >= 0.3 is 0 Å². The zero-order valence-corrected chi connectivity index (χ0v) is 19.6. The molecule has 4 nitrogen and oxygen atoms in total. The zero-order valence-electron chi connectivity index (χ0n) is 17.1. The van der Waals surface area contributed by atoms with Crippen molar-refractivity contribution >= 4 is 56.8 Å². The molecular formula is C22H28ClN3OS2. The summed E-state index contributed by atoms with van der Waals surface area (Å²) in [5.41, 5.74) is 2.27. The van der Waals surface area contributed by atoms with Gasteiger partial charge in [-0.25, -0.2) is 4.98 Å². The van der Waals surface area contributed by atoms with Crippen LogP contribution in [-0.4, -0.2) is 48.7 Å². The van der Waals surface area contributed by atoms with Crippen molar-refractivity contribution in [3.05, 3.63) is 54.1 Å². The number of anilines is 1. The van der Waals surface area contributed by atoms with Crippen LogP contribution in [0.5, 0.6) is 0 Å². The van der Waals surface area contributed by atoms with Crippen molar-refractivity contribution in [2.45, 2.75) is 24.7 Å². The first-order valence-electron chi connectivity index (χ1n) is 9.59. The summed E-state index contributed by atoms with van der Waals surface area (Å²) in [6.07, 6.45) is 1.51. The smallest absolute Gasteiger partial charge is 0.229 e. The highest BCUT2D eigenvalue weighted by Gasteiger charge is 2.19. The van der Waals surface area contributed by atoms with Crippen LogP contribution >= 0.6 is 35.5 Å². The standard InChI is InChI=1S/C22H27N3OS2.ClH/c1-4-17-10-11-19-20(16-17)28-22(23-19)25(14-13-24(2)3)21(26)12-15-27-18-8-6-5-7-9-18;/h5-11,16H,4,12-15H2,1-3H3;1H. The molecule has 1 amide bonds. The average molecular weight is 450 g/mol. The van der Waals surface area contributed by atoms with Crippen LogP contribution in [-0.2, 0) is 11.2 Å². The van der Waals surface area contributed by atoms with E-state index in [0.717, 1.165) is 34.1 Å². The van der Waals surface area contributed by atoms with Gasteiger partial charge in [0.2, 0.25) is 5.91 Å². The number of carbonyl (C=O) groups excluding carboxylic acids is 1. The second-order valence-corrected chi connectivity index (χ2v) is 9.09. The quantitative estimate of drug-likeness (QED) is 0.412. The van der Waals surface area contributed by atoms with E-state index in [1.807, 2.05) is 37.2 Å². The molecule has 0 aliphatic carbocycles. The van der Waals surface area contributed by atoms with E-state index in [1.165, 1.54) is 10.5 Å². The van der Waals surface area contributed by atoms with Gasteiger partial charge in [0.25, 0.3) is 0 Å². The number of halogens is 1. The van der Waals surface area contributed by atoms with Crippen LogP contribution in [0.4, 0.5) is 5.13 Å². The summed E-state index contributed by atoms with van der Waals surface area (Å²) in [5, 5.41) is 0.805. The molecule has 0 spiro atoms. The molecule has 0 N–H and O–H groups in total. The van der Waals surface area contributed by atoms with Crippen LogP contribution in [0.3, 0.4) is 0 Å². The predicted molar refractivity (Wildman–Crippen MR) is 129 cm³/mol. The summed E-state index contributed by atoms with van der Waals surface area (Å²) in [6, 6.07) is 16.6. The largest absolute Gasteiger partial charge is 0.308 e. The molecule has 0 saturated heterocycles. The SMILES string of the molecule is CCc1ccc2nc(N(CCN(C)C)C(=O)CCSc3ccccc3)sc2c1.Cl. The fourth-order valence-corrected chi connectivity index (χ4v) is 4.76. The molecule has 0 bridgehead atoms. The van der Waals surface area contributed by atoms with E-state index >= 15 is 0 Å². The molecule has 0 aliphatic heterocycles. The predicted octanol–water partition coefficient (Wildman–Crippen LogP) is 5.36. The van der Waals surface area contributed by atoms with Gasteiger partial charge in [-0.2, -0.15) is 0 Å². The van der Waals surface area contributed by atoms with Crippen molar-refractivity contribution in [2.75, 3.05) is 37.8 Å². The van der Waals surface area contributed by atoms with Crippen LogP contribution in [0.2, 0.25) is 0 Å².